The average molecular weight is 272 g/mol. The molecule has 0 aliphatic carbocycles. The van der Waals surface area contributed by atoms with E-state index in [1.807, 2.05) is 0 Å². The van der Waals surface area contributed by atoms with E-state index < -0.39 is 15.8 Å². The summed E-state index contributed by atoms with van der Waals surface area (Å²) in [6.07, 6.45) is 3.94. The van der Waals surface area contributed by atoms with Crippen LogP contribution in [0.4, 0.5) is 5.82 Å². The van der Waals surface area contributed by atoms with Gasteiger partial charge in [0.15, 0.2) is 9.84 Å². The van der Waals surface area contributed by atoms with Crippen LogP contribution in [0.2, 0.25) is 0 Å². The van der Waals surface area contributed by atoms with E-state index >= 15 is 0 Å². The van der Waals surface area contributed by atoms with Crippen molar-refractivity contribution in [2.24, 2.45) is 0 Å². The molecule has 0 amide bonds. The third-order valence-electron chi connectivity index (χ3n) is 2.28. The number of unbranched alkanes of at least 4 members (excludes halogenated alkanes) is 1. The molecule has 18 heavy (non-hydrogen) atoms. The number of rotatable bonds is 7. The number of carboxylic acids is 1. The second kappa shape index (κ2) is 6.34. The van der Waals surface area contributed by atoms with Gasteiger partial charge in [-0.15, -0.1) is 0 Å². The first-order valence-corrected chi connectivity index (χ1v) is 7.41. The Kier molecular flexibility index (Phi) is 5.08. The lowest BCUT2D eigenvalue weighted by Crippen LogP contribution is -2.09. The maximum atomic E-state index is 11.5. The number of aromatic nitrogens is 1. The SMILES string of the molecule is CS(=O)(=O)c1cccnc1NCCCCC(=O)O. The second-order valence-corrected chi connectivity index (χ2v) is 5.88. The number of hydrogen-bond donors (Lipinski definition) is 2. The molecular weight excluding hydrogens is 256 g/mol. The monoisotopic (exact) mass is 272 g/mol. The van der Waals surface area contributed by atoms with Gasteiger partial charge >= 0.3 is 5.97 Å². The first-order chi connectivity index (χ1) is 8.41. The molecule has 0 aliphatic rings. The zero-order valence-corrected chi connectivity index (χ0v) is 10.9. The molecule has 0 atom stereocenters. The summed E-state index contributed by atoms with van der Waals surface area (Å²) in [5.74, 6) is -0.514. The van der Waals surface area contributed by atoms with E-state index in [2.05, 4.69) is 10.3 Å². The highest BCUT2D eigenvalue weighted by atomic mass is 32.2. The third kappa shape index (κ3) is 4.70. The number of sulfone groups is 1. The van der Waals surface area contributed by atoms with E-state index in [0.717, 1.165) is 6.26 Å². The number of aliphatic carboxylic acids is 1. The molecule has 7 heteroatoms. The van der Waals surface area contributed by atoms with E-state index in [0.29, 0.717) is 25.2 Å². The number of nitrogens with one attached hydrogen (secondary N) is 1. The van der Waals surface area contributed by atoms with Crippen molar-refractivity contribution in [2.75, 3.05) is 18.1 Å². The number of carbonyl (C=O) groups is 1. The van der Waals surface area contributed by atoms with Crippen LogP contribution in [-0.4, -0.2) is 37.3 Å². The van der Waals surface area contributed by atoms with Crippen LogP contribution in [0.25, 0.3) is 0 Å². The molecule has 0 radical (unpaired) electrons. The second-order valence-electron chi connectivity index (χ2n) is 3.90. The van der Waals surface area contributed by atoms with Crippen molar-refractivity contribution >= 4 is 21.6 Å². The topological polar surface area (TPSA) is 96.4 Å². The molecule has 0 saturated carbocycles. The Hall–Kier alpha value is -1.63. The van der Waals surface area contributed by atoms with Crippen LogP contribution in [-0.2, 0) is 14.6 Å². The molecular formula is C11H16N2O4S. The molecule has 1 aromatic rings. The van der Waals surface area contributed by atoms with Gasteiger partial charge in [-0.1, -0.05) is 0 Å². The van der Waals surface area contributed by atoms with Gasteiger partial charge < -0.3 is 10.4 Å². The third-order valence-corrected chi connectivity index (χ3v) is 3.41. The van der Waals surface area contributed by atoms with E-state index in [-0.39, 0.29) is 11.3 Å². The minimum Gasteiger partial charge on any atom is -0.481 e. The average Bonchev–Trinajstić information content (AvgIpc) is 2.27. The van der Waals surface area contributed by atoms with E-state index in [4.69, 9.17) is 5.11 Å². The molecule has 0 fully saturated rings. The summed E-state index contributed by atoms with van der Waals surface area (Å²) >= 11 is 0. The number of carboxylic acid groups (broad SMARTS) is 1. The van der Waals surface area contributed by atoms with Crippen molar-refractivity contribution in [3.63, 3.8) is 0 Å². The van der Waals surface area contributed by atoms with Gasteiger partial charge in [0.1, 0.15) is 10.7 Å². The summed E-state index contributed by atoms with van der Waals surface area (Å²) in [5.41, 5.74) is 0. The molecule has 0 unspecified atom stereocenters. The molecule has 0 bridgehead atoms. The Bertz CT molecular complexity index is 514. The fourth-order valence-corrected chi connectivity index (χ4v) is 2.23. The molecule has 2 N–H and O–H groups in total. The molecule has 1 heterocycles. The number of nitrogens with zero attached hydrogens (tertiary/aromatic N) is 1. The lowest BCUT2D eigenvalue weighted by molar-refractivity contribution is -0.137. The van der Waals surface area contributed by atoms with Gasteiger partial charge in [-0.25, -0.2) is 13.4 Å². The van der Waals surface area contributed by atoms with Crippen molar-refractivity contribution in [3.8, 4) is 0 Å². The van der Waals surface area contributed by atoms with Crippen molar-refractivity contribution < 1.29 is 18.3 Å². The van der Waals surface area contributed by atoms with Crippen molar-refractivity contribution in [1.29, 1.82) is 0 Å². The van der Waals surface area contributed by atoms with Crippen LogP contribution in [0.3, 0.4) is 0 Å². The Labute approximate surface area is 106 Å². The van der Waals surface area contributed by atoms with Crippen LogP contribution >= 0.6 is 0 Å². The predicted molar refractivity (Wildman–Crippen MR) is 67.3 cm³/mol. The Morgan fingerprint density at radius 1 is 1.44 bits per heavy atom. The van der Waals surface area contributed by atoms with Gasteiger partial charge in [-0.2, -0.15) is 0 Å². The quantitative estimate of drug-likeness (QED) is 0.723. The zero-order valence-electron chi connectivity index (χ0n) is 10.1. The molecule has 0 aliphatic heterocycles. The Morgan fingerprint density at radius 2 is 2.17 bits per heavy atom. The smallest absolute Gasteiger partial charge is 0.303 e. The minimum absolute atomic E-state index is 0.114. The maximum absolute atomic E-state index is 11.5. The predicted octanol–water partition coefficient (Wildman–Crippen LogP) is 1.15. The molecule has 0 aromatic carbocycles. The molecule has 100 valence electrons. The molecule has 1 aromatic heterocycles. The largest absolute Gasteiger partial charge is 0.481 e. The fourth-order valence-electron chi connectivity index (χ4n) is 1.43. The van der Waals surface area contributed by atoms with Crippen molar-refractivity contribution in [1.82, 2.24) is 4.98 Å². The lowest BCUT2D eigenvalue weighted by atomic mass is 10.2. The van der Waals surface area contributed by atoms with Gasteiger partial charge in [0, 0.05) is 25.4 Å². The maximum Gasteiger partial charge on any atom is 0.303 e. The summed E-state index contributed by atoms with van der Waals surface area (Å²) in [6, 6.07) is 3.05. The van der Waals surface area contributed by atoms with E-state index in [1.54, 1.807) is 6.07 Å². The van der Waals surface area contributed by atoms with Gasteiger partial charge in [0.05, 0.1) is 0 Å². The van der Waals surface area contributed by atoms with Crippen LogP contribution in [0, 0.1) is 0 Å². The highest BCUT2D eigenvalue weighted by Crippen LogP contribution is 2.17. The van der Waals surface area contributed by atoms with E-state index in [1.165, 1.54) is 12.3 Å². The van der Waals surface area contributed by atoms with Gasteiger partial charge in [0.2, 0.25) is 0 Å². The standard InChI is InChI=1S/C11H16N2O4S/c1-18(16,17)9-5-4-8-13-11(9)12-7-3-2-6-10(14)15/h4-5,8H,2-3,6-7H2,1H3,(H,12,13)(H,14,15). The first kappa shape index (κ1) is 14.4. The summed E-state index contributed by atoms with van der Waals surface area (Å²) in [7, 11) is -3.31. The van der Waals surface area contributed by atoms with Gasteiger partial charge in [0.25, 0.3) is 0 Å². The first-order valence-electron chi connectivity index (χ1n) is 5.52. The van der Waals surface area contributed by atoms with Crippen LogP contribution in [0.5, 0.6) is 0 Å². The Morgan fingerprint density at radius 3 is 2.78 bits per heavy atom. The van der Waals surface area contributed by atoms with Gasteiger partial charge in [-0.3, -0.25) is 4.79 Å². The summed E-state index contributed by atoms with van der Waals surface area (Å²) in [5, 5.41) is 11.4. The Balaban J connectivity index is 2.55. The summed E-state index contributed by atoms with van der Waals surface area (Å²) in [6.45, 7) is 0.493. The summed E-state index contributed by atoms with van der Waals surface area (Å²) in [4.78, 5) is 14.4. The molecule has 6 nitrogen and oxygen atoms in total. The zero-order chi connectivity index (χ0) is 13.6. The van der Waals surface area contributed by atoms with Gasteiger partial charge in [-0.05, 0) is 25.0 Å². The van der Waals surface area contributed by atoms with Crippen molar-refractivity contribution in [3.05, 3.63) is 18.3 Å². The van der Waals surface area contributed by atoms with Crippen molar-refractivity contribution in [2.45, 2.75) is 24.2 Å². The fraction of sp³-hybridized carbons (Fsp3) is 0.455. The van der Waals surface area contributed by atoms with Crippen LogP contribution in [0.15, 0.2) is 23.2 Å². The summed E-state index contributed by atoms with van der Waals surface area (Å²) < 4.78 is 22.9. The lowest BCUT2D eigenvalue weighted by Gasteiger charge is -2.08. The van der Waals surface area contributed by atoms with E-state index in [9.17, 15) is 13.2 Å². The highest BCUT2D eigenvalue weighted by molar-refractivity contribution is 7.90. The van der Waals surface area contributed by atoms with Crippen LogP contribution < -0.4 is 5.32 Å². The van der Waals surface area contributed by atoms with Crippen LogP contribution in [0.1, 0.15) is 19.3 Å². The number of hydrogen-bond acceptors (Lipinski definition) is 5. The number of anilines is 1. The molecule has 0 saturated heterocycles. The number of pyridine rings is 1. The molecule has 1 rings (SSSR count). The highest BCUT2D eigenvalue weighted by Gasteiger charge is 2.13. The molecule has 0 spiro atoms. The normalized spacial score (nSPS) is 11.2. The minimum atomic E-state index is -3.31.